The van der Waals surface area contributed by atoms with Crippen LogP contribution in [0.4, 0.5) is 0 Å². The van der Waals surface area contributed by atoms with E-state index in [1.54, 1.807) is 0 Å². The zero-order valence-electron chi connectivity index (χ0n) is 9.28. The Labute approximate surface area is 93.0 Å². The highest BCUT2D eigenvalue weighted by atomic mass is 16.7. The van der Waals surface area contributed by atoms with E-state index in [0.29, 0.717) is 12.8 Å². The summed E-state index contributed by atoms with van der Waals surface area (Å²) in [6.07, 6.45) is 1.07. The second kappa shape index (κ2) is 2.93. The number of aromatic nitrogens is 1. The van der Waals surface area contributed by atoms with E-state index in [2.05, 4.69) is 4.98 Å². The van der Waals surface area contributed by atoms with Gasteiger partial charge in [0.1, 0.15) is 0 Å². The Morgan fingerprint density at radius 3 is 1.94 bits per heavy atom. The van der Waals surface area contributed by atoms with Crippen LogP contribution in [0.3, 0.4) is 0 Å². The van der Waals surface area contributed by atoms with Gasteiger partial charge in [0.2, 0.25) is 0 Å². The third-order valence-electron chi connectivity index (χ3n) is 3.27. The molecule has 1 aliphatic carbocycles. The summed E-state index contributed by atoms with van der Waals surface area (Å²) in [6.45, 7) is 3.75. The fourth-order valence-electron chi connectivity index (χ4n) is 2.65. The molecule has 0 radical (unpaired) electrons. The molecular weight excluding hydrogens is 210 g/mol. The quantitative estimate of drug-likeness (QED) is 0.617. The maximum absolute atomic E-state index is 9.62. The molecule has 3 N–H and O–H groups in total. The van der Waals surface area contributed by atoms with Gasteiger partial charge in [0.15, 0.2) is 17.5 Å². The fourth-order valence-corrected chi connectivity index (χ4v) is 2.65. The van der Waals surface area contributed by atoms with Crippen LogP contribution in [0.5, 0.6) is 11.8 Å². The predicted octanol–water partition coefficient (Wildman–Crippen LogP) is 1.04. The van der Waals surface area contributed by atoms with Crippen molar-refractivity contribution < 1.29 is 19.7 Å². The average Bonchev–Trinajstić information content (AvgIpc) is 2.60. The van der Waals surface area contributed by atoms with E-state index >= 15 is 0 Å². The molecule has 1 aromatic heterocycles. The summed E-state index contributed by atoms with van der Waals surface area (Å²) in [5, 5.41) is 19.2. The minimum Gasteiger partial charge on any atom is -0.494 e. The van der Waals surface area contributed by atoms with E-state index in [-0.39, 0.29) is 24.0 Å². The first kappa shape index (κ1) is 9.99. The largest absolute Gasteiger partial charge is 0.494 e. The van der Waals surface area contributed by atoms with Crippen LogP contribution in [0.15, 0.2) is 0 Å². The molecule has 2 unspecified atom stereocenters. The van der Waals surface area contributed by atoms with Gasteiger partial charge in [-0.1, -0.05) is 0 Å². The Morgan fingerprint density at radius 2 is 1.50 bits per heavy atom. The number of hydrogen-bond donors (Lipinski definition) is 3. The van der Waals surface area contributed by atoms with Gasteiger partial charge < -0.3 is 19.7 Å². The van der Waals surface area contributed by atoms with Gasteiger partial charge in [0, 0.05) is 24.0 Å². The number of rotatable bonds is 0. The van der Waals surface area contributed by atoms with Crippen molar-refractivity contribution in [2.75, 3.05) is 0 Å². The summed E-state index contributed by atoms with van der Waals surface area (Å²) in [4.78, 5) is 2.53. The van der Waals surface area contributed by atoms with Crippen LogP contribution < -0.4 is 0 Å². The molecule has 0 bridgehead atoms. The van der Waals surface area contributed by atoms with E-state index in [9.17, 15) is 10.2 Å². The molecule has 0 aromatic carbocycles. The molecule has 0 amide bonds. The van der Waals surface area contributed by atoms with Crippen molar-refractivity contribution in [3.05, 3.63) is 11.1 Å². The van der Waals surface area contributed by atoms with Crippen LogP contribution in [-0.4, -0.2) is 33.2 Å². The van der Waals surface area contributed by atoms with E-state index in [0.717, 1.165) is 11.1 Å². The van der Waals surface area contributed by atoms with Gasteiger partial charge in [0.05, 0.1) is 12.2 Å². The van der Waals surface area contributed by atoms with Gasteiger partial charge in [-0.15, -0.1) is 0 Å². The number of aromatic hydroxyl groups is 2. The number of ether oxygens (including phenoxy) is 2. The van der Waals surface area contributed by atoms with Gasteiger partial charge >= 0.3 is 0 Å². The highest BCUT2D eigenvalue weighted by molar-refractivity contribution is 5.46. The summed E-state index contributed by atoms with van der Waals surface area (Å²) < 4.78 is 11.5. The number of nitrogens with one attached hydrogen (secondary N) is 1. The SMILES string of the molecule is CC1(C)OC2Cc3c(O)[nH]c(O)c3CC2O1. The molecule has 1 fully saturated rings. The lowest BCUT2D eigenvalue weighted by atomic mass is 9.90. The van der Waals surface area contributed by atoms with E-state index in [1.807, 2.05) is 13.8 Å². The van der Waals surface area contributed by atoms with E-state index < -0.39 is 5.79 Å². The summed E-state index contributed by atoms with van der Waals surface area (Å²) in [7, 11) is 0. The van der Waals surface area contributed by atoms with Crippen molar-refractivity contribution in [1.29, 1.82) is 0 Å². The smallest absolute Gasteiger partial charge is 0.194 e. The van der Waals surface area contributed by atoms with Crippen LogP contribution in [-0.2, 0) is 22.3 Å². The van der Waals surface area contributed by atoms with Crippen molar-refractivity contribution in [2.24, 2.45) is 0 Å². The molecule has 2 heterocycles. The topological polar surface area (TPSA) is 74.7 Å². The average molecular weight is 225 g/mol. The Bertz CT molecular complexity index is 401. The lowest BCUT2D eigenvalue weighted by Gasteiger charge is -2.22. The molecule has 2 aliphatic rings. The first-order valence-corrected chi connectivity index (χ1v) is 5.43. The van der Waals surface area contributed by atoms with Gasteiger partial charge in [-0.05, 0) is 13.8 Å². The monoisotopic (exact) mass is 225 g/mol. The standard InChI is InChI=1S/C11H15NO4/c1-11(2)15-7-3-5-6(4-8(7)16-11)10(14)12-9(5)13/h7-8,12-14H,3-4H2,1-2H3. The molecule has 1 aromatic rings. The zero-order valence-corrected chi connectivity index (χ0v) is 9.28. The maximum atomic E-state index is 9.62. The van der Waals surface area contributed by atoms with Crippen molar-refractivity contribution in [2.45, 2.75) is 44.7 Å². The van der Waals surface area contributed by atoms with Gasteiger partial charge in [-0.25, -0.2) is 0 Å². The lowest BCUT2D eigenvalue weighted by Crippen LogP contribution is -2.31. The van der Waals surface area contributed by atoms with E-state index in [1.165, 1.54) is 0 Å². The third kappa shape index (κ3) is 1.32. The molecule has 2 atom stereocenters. The maximum Gasteiger partial charge on any atom is 0.194 e. The van der Waals surface area contributed by atoms with Crippen LogP contribution in [0, 0.1) is 0 Å². The Balaban J connectivity index is 1.95. The summed E-state index contributed by atoms with van der Waals surface area (Å²) >= 11 is 0. The first-order valence-electron chi connectivity index (χ1n) is 5.43. The summed E-state index contributed by atoms with van der Waals surface area (Å²) in [5.41, 5.74) is 1.50. The van der Waals surface area contributed by atoms with Crippen LogP contribution >= 0.6 is 0 Å². The van der Waals surface area contributed by atoms with Gasteiger partial charge in [0.25, 0.3) is 0 Å². The Hall–Kier alpha value is -1.20. The number of fused-ring (bicyclic) bond motifs is 2. The van der Waals surface area contributed by atoms with Crippen molar-refractivity contribution in [1.82, 2.24) is 4.98 Å². The van der Waals surface area contributed by atoms with Gasteiger partial charge in [-0.2, -0.15) is 0 Å². The molecule has 0 spiro atoms. The van der Waals surface area contributed by atoms with Crippen molar-refractivity contribution in [3.63, 3.8) is 0 Å². The fraction of sp³-hybridized carbons (Fsp3) is 0.636. The molecule has 16 heavy (non-hydrogen) atoms. The highest BCUT2D eigenvalue weighted by Crippen LogP contribution is 2.41. The number of aromatic amines is 1. The van der Waals surface area contributed by atoms with Crippen LogP contribution in [0.2, 0.25) is 0 Å². The van der Waals surface area contributed by atoms with Crippen LogP contribution in [0.25, 0.3) is 0 Å². The summed E-state index contributed by atoms with van der Waals surface area (Å²) in [5.74, 6) is -0.494. The molecule has 88 valence electrons. The number of H-pyrrole nitrogens is 1. The first-order chi connectivity index (χ1) is 7.46. The minimum absolute atomic E-state index is 0.0383. The predicted molar refractivity (Wildman–Crippen MR) is 55.4 cm³/mol. The summed E-state index contributed by atoms with van der Waals surface area (Å²) in [6, 6.07) is 0. The van der Waals surface area contributed by atoms with Crippen molar-refractivity contribution >= 4 is 0 Å². The Morgan fingerprint density at radius 1 is 1.06 bits per heavy atom. The molecule has 5 nitrogen and oxygen atoms in total. The third-order valence-corrected chi connectivity index (χ3v) is 3.27. The number of hydrogen-bond acceptors (Lipinski definition) is 4. The molecule has 5 heteroatoms. The second-order valence-corrected chi connectivity index (χ2v) is 4.90. The van der Waals surface area contributed by atoms with Crippen LogP contribution in [0.1, 0.15) is 25.0 Å². The highest BCUT2D eigenvalue weighted by Gasteiger charge is 2.45. The van der Waals surface area contributed by atoms with Gasteiger partial charge in [-0.3, -0.25) is 4.98 Å². The zero-order chi connectivity index (χ0) is 11.5. The second-order valence-electron chi connectivity index (χ2n) is 4.90. The Kier molecular flexibility index (Phi) is 1.83. The van der Waals surface area contributed by atoms with Crippen molar-refractivity contribution in [3.8, 4) is 11.8 Å². The molecule has 0 saturated carbocycles. The molecule has 1 saturated heterocycles. The lowest BCUT2D eigenvalue weighted by molar-refractivity contribution is -0.145. The molecule has 1 aliphatic heterocycles. The van der Waals surface area contributed by atoms with E-state index in [4.69, 9.17) is 9.47 Å². The molecule has 3 rings (SSSR count). The molecular formula is C11H15NO4. The minimum atomic E-state index is -0.576. The normalized spacial score (nSPS) is 31.1.